The van der Waals surface area contributed by atoms with E-state index >= 15 is 0 Å². The van der Waals surface area contributed by atoms with Crippen molar-refractivity contribution in [1.82, 2.24) is 10.6 Å². The lowest BCUT2D eigenvalue weighted by Gasteiger charge is -2.13. The summed E-state index contributed by atoms with van der Waals surface area (Å²) in [5.74, 6) is -0.173. The van der Waals surface area contributed by atoms with E-state index in [-0.39, 0.29) is 24.9 Å². The average molecular weight is 277 g/mol. The molecule has 0 spiro atoms. The highest BCUT2D eigenvalue weighted by Crippen LogP contribution is 2.18. The van der Waals surface area contributed by atoms with E-state index in [1.165, 1.54) is 13.1 Å². The van der Waals surface area contributed by atoms with Crippen LogP contribution in [-0.4, -0.2) is 25.7 Å². The molecule has 1 aromatic rings. The van der Waals surface area contributed by atoms with Crippen molar-refractivity contribution in [2.24, 2.45) is 4.99 Å². The molecule has 0 aliphatic carbocycles. The fourth-order valence-corrected chi connectivity index (χ4v) is 1.36. The Labute approximate surface area is 108 Å². The Balaban J connectivity index is 2.40. The summed E-state index contributed by atoms with van der Waals surface area (Å²) in [6.07, 6.45) is -5.16. The van der Waals surface area contributed by atoms with E-state index in [2.05, 4.69) is 15.6 Å². The van der Waals surface area contributed by atoms with Gasteiger partial charge < -0.3 is 10.6 Å². The molecule has 0 amide bonds. The van der Waals surface area contributed by atoms with Crippen molar-refractivity contribution in [2.45, 2.75) is 19.1 Å². The smallest absolute Gasteiger partial charge is 0.356 e. The second-order valence-corrected chi connectivity index (χ2v) is 3.81. The zero-order chi connectivity index (χ0) is 14.3. The van der Waals surface area contributed by atoms with Crippen LogP contribution in [0.3, 0.4) is 0 Å². The number of aliphatic imine (C=N–C) groups is 1. The Morgan fingerprint density at radius 1 is 1.21 bits per heavy atom. The predicted molar refractivity (Wildman–Crippen MR) is 65.3 cm³/mol. The molecule has 0 aliphatic heterocycles. The van der Waals surface area contributed by atoms with Crippen molar-refractivity contribution in [2.75, 3.05) is 13.6 Å². The molecular formula is C12H15F4N3. The zero-order valence-corrected chi connectivity index (χ0v) is 10.4. The highest BCUT2D eigenvalue weighted by molar-refractivity contribution is 5.79. The van der Waals surface area contributed by atoms with E-state index in [0.717, 1.165) is 0 Å². The Morgan fingerprint density at radius 2 is 1.89 bits per heavy atom. The lowest BCUT2D eigenvalue weighted by Crippen LogP contribution is -2.38. The van der Waals surface area contributed by atoms with Crippen LogP contribution in [0.15, 0.2) is 29.3 Å². The summed E-state index contributed by atoms with van der Waals surface area (Å²) in [6.45, 7) is -0.126. The van der Waals surface area contributed by atoms with Gasteiger partial charge in [-0.2, -0.15) is 13.2 Å². The van der Waals surface area contributed by atoms with Crippen molar-refractivity contribution in [1.29, 1.82) is 0 Å². The van der Waals surface area contributed by atoms with Crippen LogP contribution in [0.4, 0.5) is 17.6 Å². The lowest BCUT2D eigenvalue weighted by atomic mass is 10.2. The summed E-state index contributed by atoms with van der Waals surface area (Å²) in [5.41, 5.74) is 0.418. The van der Waals surface area contributed by atoms with Crippen molar-refractivity contribution in [3.8, 4) is 0 Å². The standard InChI is InChI=1S/C12H15F4N3/c1-17-11(18-7-6-12(14,15)16)19-8-9-4-2-3-5-10(9)13/h2-5H,6-8H2,1H3,(H2,17,18,19). The fraction of sp³-hybridized carbons (Fsp3) is 0.417. The average Bonchev–Trinajstić information content (AvgIpc) is 2.34. The van der Waals surface area contributed by atoms with Gasteiger partial charge in [0.15, 0.2) is 5.96 Å². The van der Waals surface area contributed by atoms with Crippen LogP contribution in [0.25, 0.3) is 0 Å². The van der Waals surface area contributed by atoms with E-state index in [0.29, 0.717) is 5.56 Å². The number of benzene rings is 1. The number of hydrogen-bond donors (Lipinski definition) is 2. The minimum absolute atomic E-state index is 0.151. The zero-order valence-electron chi connectivity index (χ0n) is 10.4. The molecule has 0 heterocycles. The molecule has 0 fully saturated rings. The number of rotatable bonds is 4. The van der Waals surface area contributed by atoms with Crippen LogP contribution in [0.2, 0.25) is 0 Å². The van der Waals surface area contributed by atoms with Gasteiger partial charge in [0, 0.05) is 25.7 Å². The van der Waals surface area contributed by atoms with Crippen molar-refractivity contribution in [3.63, 3.8) is 0 Å². The molecule has 3 nitrogen and oxygen atoms in total. The van der Waals surface area contributed by atoms with E-state index in [4.69, 9.17) is 0 Å². The molecule has 106 valence electrons. The molecular weight excluding hydrogens is 262 g/mol. The van der Waals surface area contributed by atoms with Crippen molar-refractivity contribution >= 4 is 5.96 Å². The van der Waals surface area contributed by atoms with Gasteiger partial charge in [-0.1, -0.05) is 18.2 Å². The molecule has 1 rings (SSSR count). The lowest BCUT2D eigenvalue weighted by molar-refractivity contribution is -0.132. The maximum Gasteiger partial charge on any atom is 0.390 e. The minimum atomic E-state index is -4.21. The third kappa shape index (κ3) is 6.08. The topological polar surface area (TPSA) is 36.4 Å². The third-order valence-electron chi connectivity index (χ3n) is 2.33. The van der Waals surface area contributed by atoms with Crippen LogP contribution in [0, 0.1) is 5.82 Å². The number of hydrogen-bond acceptors (Lipinski definition) is 1. The van der Waals surface area contributed by atoms with Gasteiger partial charge in [0.1, 0.15) is 5.82 Å². The summed E-state index contributed by atoms with van der Waals surface area (Å²) < 4.78 is 49.2. The number of guanidine groups is 1. The molecule has 2 N–H and O–H groups in total. The molecule has 19 heavy (non-hydrogen) atoms. The number of alkyl halides is 3. The summed E-state index contributed by atoms with van der Waals surface area (Å²) in [7, 11) is 1.43. The SMILES string of the molecule is CN=C(NCCC(F)(F)F)NCc1ccccc1F. The van der Waals surface area contributed by atoms with Crippen molar-refractivity contribution < 1.29 is 17.6 Å². The third-order valence-corrected chi connectivity index (χ3v) is 2.33. The van der Waals surface area contributed by atoms with Gasteiger partial charge in [-0.25, -0.2) is 4.39 Å². The van der Waals surface area contributed by atoms with Crippen LogP contribution in [0.1, 0.15) is 12.0 Å². The Morgan fingerprint density at radius 3 is 2.47 bits per heavy atom. The van der Waals surface area contributed by atoms with Crippen LogP contribution in [-0.2, 0) is 6.54 Å². The molecule has 1 aromatic carbocycles. The Bertz CT molecular complexity index is 429. The first-order valence-corrected chi connectivity index (χ1v) is 5.67. The van der Waals surface area contributed by atoms with Gasteiger partial charge in [0.25, 0.3) is 0 Å². The monoisotopic (exact) mass is 277 g/mol. The molecule has 7 heteroatoms. The van der Waals surface area contributed by atoms with Crippen molar-refractivity contribution in [3.05, 3.63) is 35.6 Å². The molecule has 0 radical (unpaired) electrons. The van der Waals surface area contributed by atoms with Crippen LogP contribution >= 0.6 is 0 Å². The Hall–Kier alpha value is -1.79. The molecule has 0 atom stereocenters. The van der Waals surface area contributed by atoms with Gasteiger partial charge in [-0.05, 0) is 6.07 Å². The van der Waals surface area contributed by atoms with Crippen LogP contribution < -0.4 is 10.6 Å². The van der Waals surface area contributed by atoms with Gasteiger partial charge in [-0.3, -0.25) is 4.99 Å². The molecule has 0 bridgehead atoms. The predicted octanol–water partition coefficient (Wildman–Crippen LogP) is 2.44. The first kappa shape index (κ1) is 15.3. The molecule has 0 aromatic heterocycles. The Kier molecular flexibility index (Phi) is 5.59. The highest BCUT2D eigenvalue weighted by Gasteiger charge is 2.26. The number of nitrogens with zero attached hydrogens (tertiary/aromatic N) is 1. The fourth-order valence-electron chi connectivity index (χ4n) is 1.36. The number of halogens is 4. The van der Waals surface area contributed by atoms with E-state index < -0.39 is 12.6 Å². The molecule has 0 saturated heterocycles. The molecule has 0 aliphatic rings. The van der Waals surface area contributed by atoms with Gasteiger partial charge >= 0.3 is 6.18 Å². The first-order chi connectivity index (χ1) is 8.92. The van der Waals surface area contributed by atoms with Gasteiger partial charge in [0.2, 0.25) is 0 Å². The second-order valence-electron chi connectivity index (χ2n) is 3.81. The van der Waals surface area contributed by atoms with Gasteiger partial charge in [-0.15, -0.1) is 0 Å². The maximum absolute atomic E-state index is 13.3. The minimum Gasteiger partial charge on any atom is -0.356 e. The van der Waals surface area contributed by atoms with E-state index in [9.17, 15) is 17.6 Å². The van der Waals surface area contributed by atoms with Crippen LogP contribution in [0.5, 0.6) is 0 Å². The number of nitrogens with one attached hydrogen (secondary N) is 2. The second kappa shape index (κ2) is 6.96. The summed E-state index contributed by atoms with van der Waals surface area (Å²) >= 11 is 0. The van der Waals surface area contributed by atoms with E-state index in [1.54, 1.807) is 18.2 Å². The normalized spacial score (nSPS) is 12.4. The summed E-state index contributed by atoms with van der Waals surface area (Å²) in [4.78, 5) is 3.76. The van der Waals surface area contributed by atoms with E-state index in [1.807, 2.05) is 0 Å². The molecule has 0 saturated carbocycles. The quantitative estimate of drug-likeness (QED) is 0.504. The molecule has 0 unspecified atom stereocenters. The summed E-state index contributed by atoms with van der Waals surface area (Å²) in [6, 6.07) is 6.15. The van der Waals surface area contributed by atoms with Gasteiger partial charge in [0.05, 0.1) is 6.42 Å². The maximum atomic E-state index is 13.3. The summed E-state index contributed by atoms with van der Waals surface area (Å²) in [5, 5.41) is 5.26. The first-order valence-electron chi connectivity index (χ1n) is 5.67. The largest absolute Gasteiger partial charge is 0.390 e. The highest BCUT2D eigenvalue weighted by atomic mass is 19.4.